The van der Waals surface area contributed by atoms with E-state index in [2.05, 4.69) is 10.3 Å². The first-order chi connectivity index (χ1) is 18.0. The number of aryl methyl sites for hydroxylation is 1. The lowest BCUT2D eigenvalue weighted by Crippen LogP contribution is -2.47. The van der Waals surface area contributed by atoms with Crippen LogP contribution in [0.25, 0.3) is 0 Å². The number of amides is 1. The Labute approximate surface area is 223 Å². The van der Waals surface area contributed by atoms with Gasteiger partial charge in [-0.05, 0) is 35.9 Å². The number of hydrogen-bond acceptors (Lipinski definition) is 5. The molecule has 1 aromatic heterocycles. The van der Waals surface area contributed by atoms with Crippen LogP contribution in [0.4, 0.5) is 34.8 Å². The third-order valence-electron chi connectivity index (χ3n) is 6.51. The Morgan fingerprint density at radius 1 is 1.13 bits per heavy atom. The number of alkyl halides is 3. The van der Waals surface area contributed by atoms with Crippen molar-refractivity contribution in [3.05, 3.63) is 70.9 Å². The van der Waals surface area contributed by atoms with Gasteiger partial charge in [0.25, 0.3) is 5.91 Å². The summed E-state index contributed by atoms with van der Waals surface area (Å²) in [5, 5.41) is 3.22. The van der Waals surface area contributed by atoms with E-state index in [1.807, 2.05) is 28.5 Å². The Hall–Kier alpha value is -3.31. The van der Waals surface area contributed by atoms with E-state index in [0.29, 0.717) is 54.7 Å². The highest BCUT2D eigenvalue weighted by molar-refractivity contribution is 6.31. The summed E-state index contributed by atoms with van der Waals surface area (Å²) in [5.74, 6) is -0.391. The van der Waals surface area contributed by atoms with Gasteiger partial charge in [-0.25, -0.2) is 9.37 Å². The van der Waals surface area contributed by atoms with Gasteiger partial charge in [-0.1, -0.05) is 17.7 Å². The van der Waals surface area contributed by atoms with E-state index in [1.165, 1.54) is 12.1 Å². The SMILES string of the molecule is CN(Cc1ccc(C(=O)Nc2ccc(Cl)cc2N2CCN(CCC(F)(F)F)CC2)c(F)c1)c1cncn1C. The van der Waals surface area contributed by atoms with E-state index in [-0.39, 0.29) is 12.1 Å². The first-order valence-corrected chi connectivity index (χ1v) is 12.5. The van der Waals surface area contributed by atoms with Crippen molar-refractivity contribution in [3.8, 4) is 0 Å². The summed E-state index contributed by atoms with van der Waals surface area (Å²) in [6.45, 7) is 2.19. The first-order valence-electron chi connectivity index (χ1n) is 12.1. The zero-order valence-electron chi connectivity index (χ0n) is 21.1. The molecule has 7 nitrogen and oxygen atoms in total. The second-order valence-electron chi connectivity index (χ2n) is 9.34. The third-order valence-corrected chi connectivity index (χ3v) is 6.75. The molecule has 0 aliphatic carbocycles. The number of nitrogens with zero attached hydrogens (tertiary/aromatic N) is 5. The van der Waals surface area contributed by atoms with Gasteiger partial charge in [-0.15, -0.1) is 0 Å². The number of piperazine rings is 1. The van der Waals surface area contributed by atoms with Crippen molar-refractivity contribution >= 4 is 34.7 Å². The van der Waals surface area contributed by atoms with Gasteiger partial charge in [0.05, 0.1) is 35.9 Å². The maximum atomic E-state index is 15.0. The van der Waals surface area contributed by atoms with Gasteiger partial charge in [0, 0.05) is 58.4 Å². The quantitative estimate of drug-likeness (QED) is 0.391. The van der Waals surface area contributed by atoms with Crippen molar-refractivity contribution in [1.82, 2.24) is 14.5 Å². The molecule has 0 atom stereocenters. The molecule has 38 heavy (non-hydrogen) atoms. The van der Waals surface area contributed by atoms with Gasteiger partial charge in [-0.3, -0.25) is 9.69 Å². The summed E-state index contributed by atoms with van der Waals surface area (Å²) in [5.41, 5.74) is 1.67. The van der Waals surface area contributed by atoms with Crippen LogP contribution in [0.1, 0.15) is 22.3 Å². The van der Waals surface area contributed by atoms with Crippen LogP contribution in [0.5, 0.6) is 0 Å². The Morgan fingerprint density at radius 2 is 1.87 bits per heavy atom. The van der Waals surface area contributed by atoms with Crippen molar-refractivity contribution in [1.29, 1.82) is 0 Å². The molecule has 12 heteroatoms. The lowest BCUT2D eigenvalue weighted by Gasteiger charge is -2.37. The largest absolute Gasteiger partial charge is 0.390 e. The van der Waals surface area contributed by atoms with Crippen LogP contribution in [0.15, 0.2) is 48.9 Å². The van der Waals surface area contributed by atoms with Gasteiger partial charge in [0.2, 0.25) is 0 Å². The third kappa shape index (κ3) is 6.96. The number of anilines is 3. The maximum Gasteiger partial charge on any atom is 0.390 e. The van der Waals surface area contributed by atoms with Gasteiger partial charge in [0.1, 0.15) is 11.6 Å². The molecule has 204 valence electrons. The molecule has 4 rings (SSSR count). The standard InChI is InChI=1S/C26H29ClF4N6O/c1-34(24-15-32-17-35(24)2)16-18-3-5-20(21(28)13-18)25(38)33-22-6-4-19(27)14-23(22)37-11-9-36(10-12-37)8-7-26(29,30)31/h3-6,13-15,17H,7-12,16H2,1-2H3,(H,33,38). The Balaban J connectivity index is 1.42. The smallest absolute Gasteiger partial charge is 0.367 e. The minimum Gasteiger partial charge on any atom is -0.367 e. The fraction of sp³-hybridized carbons (Fsp3) is 0.385. The van der Waals surface area contributed by atoms with Gasteiger partial charge >= 0.3 is 6.18 Å². The summed E-state index contributed by atoms with van der Waals surface area (Å²) in [6.07, 6.45) is -1.65. The van der Waals surface area contributed by atoms with Crippen LogP contribution in [0.2, 0.25) is 5.02 Å². The number of carbonyl (C=O) groups is 1. The van der Waals surface area contributed by atoms with Crippen LogP contribution >= 0.6 is 11.6 Å². The zero-order valence-corrected chi connectivity index (χ0v) is 21.9. The van der Waals surface area contributed by atoms with Crippen LogP contribution in [0, 0.1) is 5.82 Å². The van der Waals surface area contributed by atoms with Crippen LogP contribution in [0.3, 0.4) is 0 Å². The highest BCUT2D eigenvalue weighted by Gasteiger charge is 2.29. The molecule has 0 spiro atoms. The number of halogens is 5. The molecular formula is C26H29ClF4N6O. The molecule has 1 N–H and O–H groups in total. The molecule has 0 saturated carbocycles. The summed E-state index contributed by atoms with van der Waals surface area (Å²) in [4.78, 5) is 22.7. The normalized spacial score (nSPS) is 14.6. The molecule has 0 unspecified atom stereocenters. The van der Waals surface area contributed by atoms with Crippen LogP contribution in [-0.4, -0.2) is 66.3 Å². The van der Waals surface area contributed by atoms with E-state index < -0.39 is 24.3 Å². The van der Waals surface area contributed by atoms with Crippen molar-refractivity contribution in [2.75, 3.05) is 54.9 Å². The van der Waals surface area contributed by atoms with E-state index in [1.54, 1.807) is 41.7 Å². The maximum absolute atomic E-state index is 15.0. The number of hydrogen-bond donors (Lipinski definition) is 1. The molecule has 0 bridgehead atoms. The van der Waals surface area contributed by atoms with Crippen LogP contribution < -0.4 is 15.1 Å². The van der Waals surface area contributed by atoms with E-state index in [0.717, 1.165) is 5.82 Å². The van der Waals surface area contributed by atoms with Crippen molar-refractivity contribution < 1.29 is 22.4 Å². The number of benzene rings is 2. The van der Waals surface area contributed by atoms with Crippen LogP contribution in [-0.2, 0) is 13.6 Å². The van der Waals surface area contributed by atoms with E-state index in [9.17, 15) is 22.4 Å². The zero-order chi connectivity index (χ0) is 27.4. The molecule has 3 aromatic rings. The number of rotatable bonds is 8. The van der Waals surface area contributed by atoms with Gasteiger partial charge in [-0.2, -0.15) is 13.2 Å². The summed E-state index contributed by atoms with van der Waals surface area (Å²) in [7, 11) is 3.74. The lowest BCUT2D eigenvalue weighted by atomic mass is 10.1. The number of imidazole rings is 1. The fourth-order valence-electron chi connectivity index (χ4n) is 4.47. The van der Waals surface area contributed by atoms with Gasteiger partial charge < -0.3 is 19.7 Å². The van der Waals surface area contributed by atoms with Gasteiger partial charge in [0.15, 0.2) is 0 Å². The fourth-order valence-corrected chi connectivity index (χ4v) is 4.64. The minimum atomic E-state index is -4.19. The predicted molar refractivity (Wildman–Crippen MR) is 140 cm³/mol. The molecule has 2 aromatic carbocycles. The molecule has 1 fully saturated rings. The Kier molecular flexibility index (Phi) is 8.47. The predicted octanol–water partition coefficient (Wildman–Crippen LogP) is 5.18. The number of aromatic nitrogens is 2. The van der Waals surface area contributed by atoms with Crippen molar-refractivity contribution in [2.24, 2.45) is 7.05 Å². The molecule has 1 amide bonds. The summed E-state index contributed by atoms with van der Waals surface area (Å²) >= 11 is 6.20. The van der Waals surface area contributed by atoms with Crippen molar-refractivity contribution in [2.45, 2.75) is 19.1 Å². The summed E-state index contributed by atoms with van der Waals surface area (Å²) in [6, 6.07) is 9.44. The summed E-state index contributed by atoms with van der Waals surface area (Å²) < 4.78 is 54.5. The van der Waals surface area contributed by atoms with Crippen molar-refractivity contribution in [3.63, 3.8) is 0 Å². The second-order valence-corrected chi connectivity index (χ2v) is 9.78. The number of nitrogens with one attached hydrogen (secondary N) is 1. The second kappa shape index (κ2) is 11.6. The number of carbonyl (C=O) groups excluding carboxylic acids is 1. The monoisotopic (exact) mass is 552 g/mol. The highest BCUT2D eigenvalue weighted by atomic mass is 35.5. The van der Waals surface area contributed by atoms with E-state index in [4.69, 9.17) is 11.6 Å². The average Bonchev–Trinajstić information content (AvgIpc) is 3.29. The minimum absolute atomic E-state index is 0.0520. The highest BCUT2D eigenvalue weighted by Crippen LogP contribution is 2.31. The molecule has 0 radical (unpaired) electrons. The van der Waals surface area contributed by atoms with E-state index >= 15 is 0 Å². The topological polar surface area (TPSA) is 56.6 Å². The Morgan fingerprint density at radius 3 is 2.50 bits per heavy atom. The Bertz CT molecular complexity index is 1270. The molecule has 1 saturated heterocycles. The first kappa shape index (κ1) is 27.7. The molecule has 2 heterocycles. The molecule has 1 aliphatic heterocycles. The molecule has 1 aliphatic rings. The molecular weight excluding hydrogens is 524 g/mol. The average molecular weight is 553 g/mol. The lowest BCUT2D eigenvalue weighted by molar-refractivity contribution is -0.138.